The summed E-state index contributed by atoms with van der Waals surface area (Å²) < 4.78 is 37.7. The Labute approximate surface area is 165 Å². The molecule has 8 nitrogen and oxygen atoms in total. The van der Waals surface area contributed by atoms with Crippen molar-refractivity contribution in [3.63, 3.8) is 0 Å². The fraction of sp³-hybridized carbons (Fsp3) is 0.222. The van der Waals surface area contributed by atoms with E-state index in [1.165, 1.54) is 30.3 Å². The lowest BCUT2D eigenvalue weighted by atomic mass is 10.2. The molecule has 2 aromatic carbocycles. The van der Waals surface area contributed by atoms with Crippen LogP contribution in [0.5, 0.6) is 0 Å². The van der Waals surface area contributed by atoms with Gasteiger partial charge in [-0.05, 0) is 36.8 Å². The molecule has 2 N–H and O–H groups in total. The molecule has 148 valence electrons. The number of nitrogens with one attached hydrogen (secondary N) is 2. The Hall–Kier alpha value is -2.78. The predicted octanol–water partition coefficient (Wildman–Crippen LogP) is 3.53. The summed E-state index contributed by atoms with van der Waals surface area (Å²) in [5.41, 5.74) is 0.907. The second-order valence-electron chi connectivity index (χ2n) is 5.97. The number of hydrogen-bond acceptors (Lipinski definition) is 6. The van der Waals surface area contributed by atoms with Gasteiger partial charge in [0.1, 0.15) is 4.90 Å². The molecule has 0 atom stereocenters. The zero-order valence-corrected chi connectivity index (χ0v) is 16.4. The number of H-pyrrole nitrogens is 1. The first-order valence-corrected chi connectivity index (χ1v) is 10.3. The lowest BCUT2D eigenvalue weighted by Crippen LogP contribution is -2.14. The molecular formula is C18H17ClN2O6S. The molecule has 0 radical (unpaired) electrons. The van der Waals surface area contributed by atoms with E-state index in [0.29, 0.717) is 17.7 Å². The van der Waals surface area contributed by atoms with Crippen LogP contribution in [0, 0.1) is 0 Å². The maximum atomic E-state index is 12.6. The molecule has 3 aromatic rings. The Bertz CT molecular complexity index is 1160. The maximum Gasteiger partial charge on any atom is 0.417 e. The van der Waals surface area contributed by atoms with Gasteiger partial charge in [-0.25, -0.2) is 18.0 Å². The van der Waals surface area contributed by atoms with Crippen molar-refractivity contribution < 1.29 is 22.4 Å². The number of benzene rings is 2. The van der Waals surface area contributed by atoms with Crippen LogP contribution in [0.1, 0.15) is 30.1 Å². The van der Waals surface area contributed by atoms with Crippen LogP contribution in [0.3, 0.4) is 0 Å². The smallest absolute Gasteiger partial charge is 0.417 e. The lowest BCUT2D eigenvalue weighted by Gasteiger charge is -2.10. The summed E-state index contributed by atoms with van der Waals surface area (Å²) in [6, 6.07) is 8.26. The van der Waals surface area contributed by atoms with Crippen LogP contribution in [0.25, 0.3) is 11.1 Å². The van der Waals surface area contributed by atoms with E-state index in [1.807, 2.05) is 6.92 Å². The Morgan fingerprint density at radius 3 is 2.64 bits per heavy atom. The van der Waals surface area contributed by atoms with Crippen LogP contribution < -0.4 is 10.5 Å². The van der Waals surface area contributed by atoms with Gasteiger partial charge < -0.3 is 9.15 Å². The molecule has 0 spiro atoms. The lowest BCUT2D eigenvalue weighted by molar-refractivity contribution is 0.0500. The van der Waals surface area contributed by atoms with Crippen LogP contribution >= 0.6 is 11.6 Å². The first kappa shape index (κ1) is 20.0. The van der Waals surface area contributed by atoms with Gasteiger partial charge in [0.2, 0.25) is 0 Å². The van der Waals surface area contributed by atoms with Gasteiger partial charge in [0.05, 0.1) is 22.7 Å². The molecule has 1 aromatic heterocycles. The highest BCUT2D eigenvalue weighted by Gasteiger charge is 2.21. The van der Waals surface area contributed by atoms with Crippen molar-refractivity contribution >= 4 is 44.4 Å². The first-order valence-electron chi connectivity index (χ1n) is 8.42. The normalized spacial score (nSPS) is 11.5. The third-order valence-electron chi connectivity index (χ3n) is 3.87. The number of halogens is 1. The van der Waals surface area contributed by atoms with Gasteiger partial charge in [-0.3, -0.25) is 9.71 Å². The Morgan fingerprint density at radius 2 is 1.96 bits per heavy atom. The number of hydrogen-bond donors (Lipinski definition) is 2. The number of carbonyl (C=O) groups excluding carboxylic acids is 1. The highest BCUT2D eigenvalue weighted by Crippen LogP contribution is 2.28. The number of ether oxygens (including phenoxy) is 1. The van der Waals surface area contributed by atoms with Gasteiger partial charge in [-0.1, -0.05) is 24.9 Å². The van der Waals surface area contributed by atoms with Crippen molar-refractivity contribution in [1.82, 2.24) is 4.98 Å². The topological polar surface area (TPSA) is 118 Å². The molecule has 0 saturated carbocycles. The van der Waals surface area contributed by atoms with Gasteiger partial charge >= 0.3 is 11.7 Å². The summed E-state index contributed by atoms with van der Waals surface area (Å²) in [5, 5.41) is -0.0758. The summed E-state index contributed by atoms with van der Waals surface area (Å²) in [5.74, 6) is -1.19. The van der Waals surface area contributed by atoms with E-state index >= 15 is 0 Å². The second kappa shape index (κ2) is 8.07. The molecule has 0 aliphatic carbocycles. The van der Waals surface area contributed by atoms with Crippen molar-refractivity contribution in [2.75, 3.05) is 11.3 Å². The third-order valence-corrected chi connectivity index (χ3v) is 5.71. The standard InChI is InChI=1S/C18H17ClN2O6S/c1-2-3-8-26-17(22)11-4-6-12(7-5-11)21-28(24,25)16-10-15-14(9-13(16)19)20-18(23)27-15/h4-7,9-10,21H,2-3,8H2,1H3,(H,20,23). The van der Waals surface area contributed by atoms with Gasteiger partial charge in [0.25, 0.3) is 10.0 Å². The number of aromatic amines is 1. The van der Waals surface area contributed by atoms with Crippen LogP contribution in [-0.2, 0) is 14.8 Å². The van der Waals surface area contributed by atoms with E-state index < -0.39 is 21.7 Å². The average molecular weight is 425 g/mol. The molecule has 0 amide bonds. The second-order valence-corrected chi connectivity index (χ2v) is 8.02. The summed E-state index contributed by atoms with van der Waals surface area (Å²) in [6.45, 7) is 2.32. The molecule has 0 unspecified atom stereocenters. The van der Waals surface area contributed by atoms with E-state index in [2.05, 4.69) is 9.71 Å². The van der Waals surface area contributed by atoms with Gasteiger partial charge in [0, 0.05) is 11.8 Å². The molecule has 0 bridgehead atoms. The number of fused-ring (bicyclic) bond motifs is 1. The fourth-order valence-electron chi connectivity index (χ4n) is 2.44. The van der Waals surface area contributed by atoms with Crippen molar-refractivity contribution in [2.45, 2.75) is 24.7 Å². The van der Waals surface area contributed by atoms with Crippen molar-refractivity contribution in [2.24, 2.45) is 0 Å². The minimum absolute atomic E-state index is 0.0694. The van der Waals surface area contributed by atoms with Gasteiger partial charge in [-0.15, -0.1) is 0 Å². The average Bonchev–Trinajstić information content (AvgIpc) is 3.00. The molecule has 0 aliphatic rings. The SMILES string of the molecule is CCCCOC(=O)c1ccc(NS(=O)(=O)c2cc3oc(=O)[nH]c3cc2Cl)cc1. The van der Waals surface area contributed by atoms with E-state index in [9.17, 15) is 18.0 Å². The summed E-state index contributed by atoms with van der Waals surface area (Å²) in [6.07, 6.45) is 1.69. The number of carbonyl (C=O) groups is 1. The molecule has 1 heterocycles. The van der Waals surface area contributed by atoms with E-state index in [-0.39, 0.29) is 21.2 Å². The van der Waals surface area contributed by atoms with Crippen molar-refractivity contribution in [1.29, 1.82) is 0 Å². The number of anilines is 1. The maximum absolute atomic E-state index is 12.6. The quantitative estimate of drug-likeness (QED) is 0.442. The largest absolute Gasteiger partial charge is 0.462 e. The van der Waals surface area contributed by atoms with Gasteiger partial charge in [0.15, 0.2) is 5.58 Å². The van der Waals surface area contributed by atoms with E-state index in [0.717, 1.165) is 18.9 Å². The molecule has 3 rings (SSSR count). The van der Waals surface area contributed by atoms with Crippen LogP contribution in [0.4, 0.5) is 5.69 Å². The molecule has 0 aliphatic heterocycles. The Morgan fingerprint density at radius 1 is 1.25 bits per heavy atom. The Balaban J connectivity index is 1.80. The Kier molecular flexibility index (Phi) is 5.76. The summed E-state index contributed by atoms with van der Waals surface area (Å²) in [4.78, 5) is 25.3. The number of unbranched alkanes of at least 4 members (excludes halogenated alkanes) is 1. The summed E-state index contributed by atoms with van der Waals surface area (Å²) in [7, 11) is -4.05. The van der Waals surface area contributed by atoms with Gasteiger partial charge in [-0.2, -0.15) is 0 Å². The number of oxazole rings is 1. The van der Waals surface area contributed by atoms with Crippen LogP contribution in [-0.4, -0.2) is 26.0 Å². The zero-order chi connectivity index (χ0) is 20.3. The number of rotatable bonds is 7. The first-order chi connectivity index (χ1) is 13.3. The van der Waals surface area contributed by atoms with Crippen molar-refractivity contribution in [3.8, 4) is 0 Å². The van der Waals surface area contributed by atoms with Crippen LogP contribution in [0.15, 0.2) is 50.5 Å². The molecule has 10 heteroatoms. The molecule has 0 saturated heterocycles. The van der Waals surface area contributed by atoms with Crippen molar-refractivity contribution in [3.05, 3.63) is 57.5 Å². The number of aromatic nitrogens is 1. The fourth-order valence-corrected chi connectivity index (χ4v) is 4.04. The predicted molar refractivity (Wildman–Crippen MR) is 104 cm³/mol. The zero-order valence-electron chi connectivity index (χ0n) is 14.8. The number of sulfonamides is 1. The van der Waals surface area contributed by atoms with E-state index in [4.69, 9.17) is 20.8 Å². The minimum atomic E-state index is -4.05. The van der Waals surface area contributed by atoms with E-state index in [1.54, 1.807) is 0 Å². The summed E-state index contributed by atoms with van der Waals surface area (Å²) >= 11 is 6.05. The molecule has 0 fully saturated rings. The molecule has 28 heavy (non-hydrogen) atoms. The van der Waals surface area contributed by atoms with Crippen LogP contribution in [0.2, 0.25) is 5.02 Å². The monoisotopic (exact) mass is 424 g/mol. The third kappa shape index (κ3) is 4.37. The highest BCUT2D eigenvalue weighted by atomic mass is 35.5. The highest BCUT2D eigenvalue weighted by molar-refractivity contribution is 7.92. The minimum Gasteiger partial charge on any atom is -0.462 e. The molecular weight excluding hydrogens is 408 g/mol. The number of esters is 1.